The summed E-state index contributed by atoms with van der Waals surface area (Å²) < 4.78 is 38.3. The summed E-state index contributed by atoms with van der Waals surface area (Å²) in [4.78, 5) is 13.8. The van der Waals surface area contributed by atoms with Gasteiger partial charge in [0.15, 0.2) is 0 Å². The molecule has 1 heterocycles. The molecule has 3 nitrogen and oxygen atoms in total. The van der Waals surface area contributed by atoms with Crippen molar-refractivity contribution in [3.8, 4) is 0 Å². The lowest BCUT2D eigenvalue weighted by atomic mass is 9.85. The maximum atomic E-state index is 12.8. The number of nitrogens with one attached hydrogen (secondary N) is 1. The van der Waals surface area contributed by atoms with E-state index in [-0.39, 0.29) is 24.8 Å². The fraction of sp³-hybridized carbons (Fsp3) is 0.938. The molecule has 0 aromatic rings. The molecule has 128 valence electrons. The summed E-state index contributed by atoms with van der Waals surface area (Å²) in [6, 6.07) is -0.0276. The summed E-state index contributed by atoms with van der Waals surface area (Å²) in [5.74, 6) is -0.918. The third-order valence-electron chi connectivity index (χ3n) is 4.85. The third kappa shape index (κ3) is 5.45. The Hall–Kier alpha value is -0.780. The molecule has 0 aromatic heterocycles. The smallest absolute Gasteiger partial charge is 0.343 e. The van der Waals surface area contributed by atoms with E-state index in [0.717, 1.165) is 45.2 Å². The molecule has 22 heavy (non-hydrogen) atoms. The summed E-state index contributed by atoms with van der Waals surface area (Å²) in [6.45, 7) is 2.25. The average Bonchev–Trinajstić information content (AvgIpc) is 2.68. The van der Waals surface area contributed by atoms with E-state index in [1.54, 1.807) is 0 Å². The molecule has 2 rings (SSSR count). The van der Waals surface area contributed by atoms with Crippen LogP contribution in [0.15, 0.2) is 0 Å². The van der Waals surface area contributed by atoms with Gasteiger partial charge in [-0.05, 0) is 45.1 Å². The number of carbonyl (C=O) groups excluding carboxylic acids is 1. The van der Waals surface area contributed by atoms with Crippen molar-refractivity contribution in [1.82, 2.24) is 10.2 Å². The molecule has 1 aliphatic carbocycles. The first-order valence-electron chi connectivity index (χ1n) is 8.54. The van der Waals surface area contributed by atoms with Gasteiger partial charge in [0.1, 0.15) is 0 Å². The summed E-state index contributed by atoms with van der Waals surface area (Å²) in [7, 11) is 0. The Morgan fingerprint density at radius 1 is 1.14 bits per heavy atom. The number of hydrogen-bond donors (Lipinski definition) is 1. The second kappa shape index (κ2) is 8.18. The summed E-state index contributed by atoms with van der Waals surface area (Å²) >= 11 is 0. The van der Waals surface area contributed by atoms with Crippen LogP contribution in [-0.2, 0) is 4.79 Å². The lowest BCUT2D eigenvalue weighted by Gasteiger charge is -2.31. The lowest BCUT2D eigenvalue weighted by Crippen LogP contribution is -2.40. The van der Waals surface area contributed by atoms with Crippen LogP contribution >= 0.6 is 0 Å². The minimum Gasteiger partial charge on any atom is -0.343 e. The Balaban J connectivity index is 1.64. The van der Waals surface area contributed by atoms with Gasteiger partial charge in [0, 0.05) is 25.6 Å². The Bertz CT molecular complexity index is 360. The Morgan fingerprint density at radius 3 is 2.73 bits per heavy atom. The predicted molar refractivity (Wildman–Crippen MR) is 79.5 cm³/mol. The monoisotopic (exact) mass is 320 g/mol. The van der Waals surface area contributed by atoms with Gasteiger partial charge >= 0.3 is 6.18 Å². The number of nitrogens with zero attached hydrogens (tertiary/aromatic N) is 1. The molecule has 0 spiro atoms. The predicted octanol–water partition coefficient (Wildman–Crippen LogP) is 3.49. The van der Waals surface area contributed by atoms with E-state index in [1.165, 1.54) is 0 Å². The highest BCUT2D eigenvalue weighted by Crippen LogP contribution is 2.37. The van der Waals surface area contributed by atoms with Crippen molar-refractivity contribution in [3.05, 3.63) is 0 Å². The zero-order valence-corrected chi connectivity index (χ0v) is 13.1. The van der Waals surface area contributed by atoms with Crippen LogP contribution in [0.5, 0.6) is 0 Å². The number of hydrogen-bond acceptors (Lipinski definition) is 2. The molecule has 0 unspecified atom stereocenters. The molecule has 2 fully saturated rings. The maximum absolute atomic E-state index is 12.8. The second-order valence-electron chi connectivity index (χ2n) is 6.60. The molecule has 1 saturated carbocycles. The highest BCUT2D eigenvalue weighted by atomic mass is 19.4. The van der Waals surface area contributed by atoms with Crippen molar-refractivity contribution < 1.29 is 18.0 Å². The second-order valence-corrected chi connectivity index (χ2v) is 6.60. The van der Waals surface area contributed by atoms with Crippen molar-refractivity contribution in [2.45, 2.75) is 70.0 Å². The molecule has 2 aliphatic rings. The number of alkyl halides is 3. The van der Waals surface area contributed by atoms with Crippen LogP contribution in [-0.4, -0.2) is 42.7 Å². The molecule has 1 N–H and O–H groups in total. The van der Waals surface area contributed by atoms with Crippen LogP contribution < -0.4 is 5.32 Å². The first kappa shape index (κ1) is 17.6. The van der Waals surface area contributed by atoms with E-state index < -0.39 is 12.1 Å². The Kier molecular flexibility index (Phi) is 6.53. The van der Waals surface area contributed by atoms with Gasteiger partial charge in [-0.25, -0.2) is 0 Å². The summed E-state index contributed by atoms with van der Waals surface area (Å²) in [5, 5.41) is 3.26. The van der Waals surface area contributed by atoms with Gasteiger partial charge in [-0.2, -0.15) is 13.2 Å². The van der Waals surface area contributed by atoms with E-state index in [2.05, 4.69) is 5.32 Å². The van der Waals surface area contributed by atoms with Gasteiger partial charge in [0.2, 0.25) is 5.91 Å². The molecular weight excluding hydrogens is 293 g/mol. The van der Waals surface area contributed by atoms with Gasteiger partial charge in [-0.1, -0.05) is 12.8 Å². The van der Waals surface area contributed by atoms with Gasteiger partial charge in [0.05, 0.1) is 5.92 Å². The lowest BCUT2D eigenvalue weighted by molar-refractivity contribution is -0.183. The van der Waals surface area contributed by atoms with Crippen LogP contribution in [0.25, 0.3) is 0 Å². The van der Waals surface area contributed by atoms with E-state index in [0.29, 0.717) is 19.4 Å². The molecule has 0 bridgehead atoms. The first-order chi connectivity index (χ1) is 10.5. The van der Waals surface area contributed by atoms with Crippen LogP contribution in [0.2, 0.25) is 0 Å². The van der Waals surface area contributed by atoms with Crippen molar-refractivity contribution in [3.63, 3.8) is 0 Å². The minimum absolute atomic E-state index is 0.0276. The SMILES string of the molecule is O=C1CCCCCN1CCCN[C@H]1CCC[C@H](C(F)(F)F)C1. The standard InChI is InChI=1S/C16H27F3N2O/c17-16(18,19)13-6-4-7-14(12-13)20-9-5-11-21-10-3-1-2-8-15(21)22/h13-14,20H,1-12H2/t13-,14-/m0/s1. The van der Waals surface area contributed by atoms with E-state index in [4.69, 9.17) is 0 Å². The van der Waals surface area contributed by atoms with Gasteiger partial charge in [-0.3, -0.25) is 4.79 Å². The van der Waals surface area contributed by atoms with Crippen LogP contribution in [0.1, 0.15) is 57.8 Å². The highest BCUT2D eigenvalue weighted by Gasteiger charge is 2.41. The number of likely N-dealkylation sites (tertiary alicyclic amines) is 1. The van der Waals surface area contributed by atoms with Crippen molar-refractivity contribution in [1.29, 1.82) is 0 Å². The van der Waals surface area contributed by atoms with E-state index >= 15 is 0 Å². The molecule has 1 aliphatic heterocycles. The van der Waals surface area contributed by atoms with Crippen LogP contribution in [0.3, 0.4) is 0 Å². The zero-order valence-electron chi connectivity index (χ0n) is 13.1. The number of amides is 1. The summed E-state index contributed by atoms with van der Waals surface area (Å²) in [6.07, 6.45) is 2.50. The molecule has 1 saturated heterocycles. The quantitative estimate of drug-likeness (QED) is 0.787. The van der Waals surface area contributed by atoms with Crippen molar-refractivity contribution in [2.75, 3.05) is 19.6 Å². The topological polar surface area (TPSA) is 32.3 Å². The Labute approximate surface area is 130 Å². The summed E-state index contributed by atoms with van der Waals surface area (Å²) in [5.41, 5.74) is 0. The Morgan fingerprint density at radius 2 is 1.95 bits per heavy atom. The average molecular weight is 320 g/mol. The number of rotatable bonds is 5. The number of halogens is 3. The van der Waals surface area contributed by atoms with Gasteiger partial charge in [0.25, 0.3) is 0 Å². The van der Waals surface area contributed by atoms with Gasteiger partial charge < -0.3 is 10.2 Å². The van der Waals surface area contributed by atoms with E-state index in [9.17, 15) is 18.0 Å². The third-order valence-corrected chi connectivity index (χ3v) is 4.85. The van der Waals surface area contributed by atoms with Crippen LogP contribution in [0.4, 0.5) is 13.2 Å². The van der Waals surface area contributed by atoms with Crippen molar-refractivity contribution >= 4 is 5.91 Å². The molecule has 1 amide bonds. The van der Waals surface area contributed by atoms with E-state index in [1.807, 2.05) is 4.90 Å². The normalized spacial score (nSPS) is 27.8. The van der Waals surface area contributed by atoms with Crippen molar-refractivity contribution in [2.24, 2.45) is 5.92 Å². The van der Waals surface area contributed by atoms with Crippen LogP contribution in [0, 0.1) is 5.92 Å². The minimum atomic E-state index is -4.06. The largest absolute Gasteiger partial charge is 0.391 e. The van der Waals surface area contributed by atoms with Gasteiger partial charge in [-0.15, -0.1) is 0 Å². The highest BCUT2D eigenvalue weighted by molar-refractivity contribution is 5.76. The fourth-order valence-electron chi connectivity index (χ4n) is 3.52. The molecule has 0 aromatic carbocycles. The number of carbonyl (C=O) groups is 1. The molecule has 6 heteroatoms. The fourth-order valence-corrected chi connectivity index (χ4v) is 3.52. The molecule has 2 atom stereocenters. The zero-order chi connectivity index (χ0) is 16.0. The molecule has 0 radical (unpaired) electrons. The maximum Gasteiger partial charge on any atom is 0.391 e. The first-order valence-corrected chi connectivity index (χ1v) is 8.54. The molecular formula is C16H27F3N2O.